The van der Waals surface area contributed by atoms with Crippen molar-refractivity contribution in [1.29, 1.82) is 5.26 Å². The van der Waals surface area contributed by atoms with Crippen LogP contribution in [0.25, 0.3) is 0 Å². The molecule has 0 radical (unpaired) electrons. The Labute approximate surface area is 116 Å². The number of sulfonamides is 1. The average molecular weight is 289 g/mol. The summed E-state index contributed by atoms with van der Waals surface area (Å²) in [5.74, 6) is 0.724. The lowest BCUT2D eigenvalue weighted by Crippen LogP contribution is -2.38. The molecule has 0 atom stereocenters. The fourth-order valence-electron chi connectivity index (χ4n) is 2.10. The van der Waals surface area contributed by atoms with Crippen molar-refractivity contribution in [2.24, 2.45) is 0 Å². The first-order valence-electron chi connectivity index (χ1n) is 5.97. The standard InChI is InChI=1S/C12H11N5O2S/c13-7-10-1-2-11(8-15-10)20(18,19)17-6-5-16-4-3-14-12(16)9-17/h1-4,8H,5-6,9H2. The molecular weight excluding hydrogens is 278 g/mol. The summed E-state index contributed by atoms with van der Waals surface area (Å²) < 4.78 is 28.3. The van der Waals surface area contributed by atoms with Crippen molar-refractivity contribution in [2.45, 2.75) is 18.0 Å². The molecule has 0 saturated heterocycles. The molecule has 20 heavy (non-hydrogen) atoms. The number of nitrogens with zero attached hydrogens (tertiary/aromatic N) is 5. The van der Waals surface area contributed by atoms with E-state index in [9.17, 15) is 8.42 Å². The number of pyridine rings is 1. The van der Waals surface area contributed by atoms with Crippen molar-refractivity contribution in [3.8, 4) is 6.07 Å². The maximum Gasteiger partial charge on any atom is 0.245 e. The first kappa shape index (κ1) is 12.8. The molecule has 102 valence electrons. The van der Waals surface area contributed by atoms with E-state index in [2.05, 4.69) is 9.97 Å². The van der Waals surface area contributed by atoms with Crippen molar-refractivity contribution in [3.05, 3.63) is 42.2 Å². The quantitative estimate of drug-likeness (QED) is 0.795. The monoisotopic (exact) mass is 289 g/mol. The topological polar surface area (TPSA) is 91.9 Å². The van der Waals surface area contributed by atoms with Crippen LogP contribution in [-0.4, -0.2) is 33.8 Å². The molecule has 0 spiro atoms. The van der Waals surface area contributed by atoms with Crippen LogP contribution in [0.4, 0.5) is 0 Å². The molecule has 1 aliphatic rings. The zero-order valence-electron chi connectivity index (χ0n) is 10.5. The van der Waals surface area contributed by atoms with Crippen molar-refractivity contribution < 1.29 is 8.42 Å². The molecule has 1 aliphatic heterocycles. The largest absolute Gasteiger partial charge is 0.333 e. The molecule has 2 aromatic rings. The second-order valence-electron chi connectivity index (χ2n) is 4.37. The lowest BCUT2D eigenvalue weighted by molar-refractivity contribution is 0.335. The van der Waals surface area contributed by atoms with Crippen LogP contribution >= 0.6 is 0 Å². The molecule has 0 unspecified atom stereocenters. The van der Waals surface area contributed by atoms with Crippen LogP contribution in [0.15, 0.2) is 35.6 Å². The third-order valence-electron chi connectivity index (χ3n) is 3.20. The van der Waals surface area contributed by atoms with E-state index < -0.39 is 10.0 Å². The molecular formula is C12H11N5O2S. The van der Waals surface area contributed by atoms with E-state index in [1.807, 2.05) is 16.8 Å². The van der Waals surface area contributed by atoms with Gasteiger partial charge in [0.1, 0.15) is 22.5 Å². The Bertz CT molecular complexity index is 773. The summed E-state index contributed by atoms with van der Waals surface area (Å²) in [7, 11) is -3.60. The van der Waals surface area contributed by atoms with E-state index in [-0.39, 0.29) is 17.1 Å². The number of nitriles is 1. The average Bonchev–Trinajstić information content (AvgIpc) is 2.94. The molecule has 0 saturated carbocycles. The van der Waals surface area contributed by atoms with E-state index in [1.165, 1.54) is 22.6 Å². The van der Waals surface area contributed by atoms with Gasteiger partial charge in [0.25, 0.3) is 0 Å². The zero-order chi connectivity index (χ0) is 14.2. The molecule has 0 aliphatic carbocycles. The summed E-state index contributed by atoms with van der Waals surface area (Å²) in [6.45, 7) is 1.22. The SMILES string of the molecule is N#Cc1ccc(S(=O)(=O)N2CCn3ccnc3C2)cn1. The normalized spacial score (nSPS) is 15.6. The summed E-state index contributed by atoms with van der Waals surface area (Å²) in [6, 6.07) is 4.67. The first-order valence-corrected chi connectivity index (χ1v) is 7.41. The van der Waals surface area contributed by atoms with Crippen LogP contribution in [0.2, 0.25) is 0 Å². The van der Waals surface area contributed by atoms with Gasteiger partial charge in [0.15, 0.2) is 0 Å². The fraction of sp³-hybridized carbons (Fsp3) is 0.250. The molecule has 0 amide bonds. The van der Waals surface area contributed by atoms with Gasteiger partial charge in [-0.15, -0.1) is 0 Å². The van der Waals surface area contributed by atoms with E-state index in [4.69, 9.17) is 5.26 Å². The predicted octanol–water partition coefficient (Wildman–Crippen LogP) is 0.354. The Balaban J connectivity index is 1.91. The van der Waals surface area contributed by atoms with E-state index >= 15 is 0 Å². The molecule has 2 aromatic heterocycles. The number of hydrogen-bond acceptors (Lipinski definition) is 5. The number of hydrogen-bond donors (Lipinski definition) is 0. The molecule has 7 nitrogen and oxygen atoms in total. The van der Waals surface area contributed by atoms with Crippen LogP contribution < -0.4 is 0 Å². The number of fused-ring (bicyclic) bond motifs is 1. The van der Waals surface area contributed by atoms with Crippen molar-refractivity contribution in [3.63, 3.8) is 0 Å². The van der Waals surface area contributed by atoms with E-state index in [0.717, 1.165) is 5.82 Å². The smallest absolute Gasteiger partial charge is 0.245 e. The highest BCUT2D eigenvalue weighted by atomic mass is 32.2. The van der Waals surface area contributed by atoms with E-state index in [1.54, 1.807) is 6.20 Å². The molecule has 3 rings (SSSR count). The van der Waals surface area contributed by atoms with Gasteiger partial charge in [-0.1, -0.05) is 0 Å². The minimum atomic E-state index is -3.60. The summed E-state index contributed by atoms with van der Waals surface area (Å²) in [5, 5.41) is 8.68. The number of rotatable bonds is 2. The summed E-state index contributed by atoms with van der Waals surface area (Å²) in [6.07, 6.45) is 4.71. The highest BCUT2D eigenvalue weighted by molar-refractivity contribution is 7.89. The van der Waals surface area contributed by atoms with Crippen LogP contribution in [0.5, 0.6) is 0 Å². The molecule has 0 N–H and O–H groups in total. The maximum atomic E-state index is 12.5. The highest BCUT2D eigenvalue weighted by Gasteiger charge is 2.29. The summed E-state index contributed by atoms with van der Waals surface area (Å²) >= 11 is 0. The third kappa shape index (κ3) is 2.07. The van der Waals surface area contributed by atoms with Gasteiger partial charge in [-0.2, -0.15) is 9.57 Å². The molecule has 0 fully saturated rings. The van der Waals surface area contributed by atoms with Crippen LogP contribution in [-0.2, 0) is 23.1 Å². The second kappa shape index (κ2) is 4.70. The van der Waals surface area contributed by atoms with Gasteiger partial charge in [-0.3, -0.25) is 0 Å². The Morgan fingerprint density at radius 1 is 1.25 bits per heavy atom. The summed E-state index contributed by atoms with van der Waals surface area (Å²) in [4.78, 5) is 8.04. The summed E-state index contributed by atoms with van der Waals surface area (Å²) in [5.41, 5.74) is 0.193. The third-order valence-corrected chi connectivity index (χ3v) is 5.03. The van der Waals surface area contributed by atoms with Crippen LogP contribution in [0, 0.1) is 11.3 Å². The van der Waals surface area contributed by atoms with Gasteiger partial charge in [0.05, 0.1) is 6.54 Å². The van der Waals surface area contributed by atoms with Gasteiger partial charge in [-0.05, 0) is 12.1 Å². The zero-order valence-corrected chi connectivity index (χ0v) is 11.3. The van der Waals surface area contributed by atoms with Gasteiger partial charge < -0.3 is 4.57 Å². The number of aromatic nitrogens is 3. The maximum absolute atomic E-state index is 12.5. The molecule has 3 heterocycles. The highest BCUT2D eigenvalue weighted by Crippen LogP contribution is 2.20. The van der Waals surface area contributed by atoms with Crippen LogP contribution in [0.3, 0.4) is 0 Å². The lowest BCUT2D eigenvalue weighted by atomic mass is 10.4. The van der Waals surface area contributed by atoms with E-state index in [0.29, 0.717) is 13.1 Å². The lowest BCUT2D eigenvalue weighted by Gasteiger charge is -2.26. The minimum Gasteiger partial charge on any atom is -0.333 e. The Morgan fingerprint density at radius 3 is 2.80 bits per heavy atom. The van der Waals surface area contributed by atoms with Gasteiger partial charge in [0.2, 0.25) is 10.0 Å². The number of imidazole rings is 1. The predicted molar refractivity (Wildman–Crippen MR) is 68.8 cm³/mol. The molecule has 8 heteroatoms. The Kier molecular flexibility index (Phi) is 3.00. The first-order chi connectivity index (χ1) is 9.61. The van der Waals surface area contributed by atoms with Gasteiger partial charge >= 0.3 is 0 Å². The van der Waals surface area contributed by atoms with Gasteiger partial charge in [0, 0.05) is 31.7 Å². The van der Waals surface area contributed by atoms with Crippen molar-refractivity contribution >= 4 is 10.0 Å². The Hall–Kier alpha value is -2.24. The molecule has 0 aromatic carbocycles. The minimum absolute atomic E-state index is 0.0940. The van der Waals surface area contributed by atoms with Crippen molar-refractivity contribution in [1.82, 2.24) is 18.8 Å². The fourth-order valence-corrected chi connectivity index (χ4v) is 3.44. The van der Waals surface area contributed by atoms with Crippen molar-refractivity contribution in [2.75, 3.05) is 6.54 Å². The van der Waals surface area contributed by atoms with Gasteiger partial charge in [-0.25, -0.2) is 18.4 Å². The Morgan fingerprint density at radius 2 is 2.10 bits per heavy atom. The second-order valence-corrected chi connectivity index (χ2v) is 6.30. The van der Waals surface area contributed by atoms with Crippen LogP contribution in [0.1, 0.15) is 11.5 Å². The molecule has 0 bridgehead atoms.